The van der Waals surface area contributed by atoms with Crippen LogP contribution in [0.1, 0.15) is 24.6 Å². The molecule has 1 fully saturated rings. The lowest BCUT2D eigenvalue weighted by Gasteiger charge is -2.09. The molecule has 1 saturated carbocycles. The number of aromatic nitrogens is 4. The van der Waals surface area contributed by atoms with E-state index in [1.165, 1.54) is 6.33 Å². The fourth-order valence-corrected chi connectivity index (χ4v) is 2.57. The Morgan fingerprint density at radius 2 is 2.22 bits per heavy atom. The van der Waals surface area contributed by atoms with Gasteiger partial charge in [0.05, 0.1) is 12.4 Å². The summed E-state index contributed by atoms with van der Waals surface area (Å²) in [6.45, 7) is -0.0161. The number of nitrogens with two attached hydrogens (primary N) is 1. The number of H-pyrrole nitrogens is 1. The first kappa shape index (κ1) is 11.4. The molecule has 2 heterocycles. The maximum absolute atomic E-state index is 9.79. The van der Waals surface area contributed by atoms with E-state index in [1.54, 1.807) is 0 Å². The summed E-state index contributed by atoms with van der Waals surface area (Å²) >= 11 is 0. The van der Waals surface area contributed by atoms with Crippen LogP contribution in [0, 0.1) is 5.92 Å². The van der Waals surface area contributed by atoms with Crippen LogP contribution in [0.4, 0.5) is 5.82 Å². The molecular weight excluding hydrogens is 234 g/mol. The first-order valence-corrected chi connectivity index (χ1v) is 5.94. The Bertz CT molecular complexity index is 570. The topological polar surface area (TPSA) is 121 Å². The molecule has 0 unspecified atom stereocenters. The third kappa shape index (κ3) is 1.72. The maximum atomic E-state index is 9.79. The normalized spacial score (nSPS) is 28.0. The minimum Gasteiger partial charge on any atom is -0.396 e. The number of nitrogens with one attached hydrogen (secondary N) is 1. The zero-order chi connectivity index (χ0) is 12.7. The molecule has 0 aliphatic heterocycles. The molecule has 18 heavy (non-hydrogen) atoms. The van der Waals surface area contributed by atoms with Crippen LogP contribution in [0.2, 0.25) is 0 Å². The molecule has 7 nitrogen and oxygen atoms in total. The molecule has 3 atom stereocenters. The predicted octanol–water partition coefficient (Wildman–Crippen LogP) is -0.218. The van der Waals surface area contributed by atoms with Gasteiger partial charge in [0.25, 0.3) is 0 Å². The number of anilines is 1. The van der Waals surface area contributed by atoms with Crippen LogP contribution in [0.25, 0.3) is 11.2 Å². The Balaban J connectivity index is 1.95. The van der Waals surface area contributed by atoms with E-state index in [1.807, 2.05) is 0 Å². The lowest BCUT2D eigenvalue weighted by Crippen LogP contribution is -2.16. The summed E-state index contributed by atoms with van der Waals surface area (Å²) in [6, 6.07) is 0. The zero-order valence-corrected chi connectivity index (χ0v) is 9.74. The third-order valence-electron chi connectivity index (χ3n) is 3.59. The highest BCUT2D eigenvalue weighted by molar-refractivity contribution is 5.80. The van der Waals surface area contributed by atoms with Gasteiger partial charge in [0.15, 0.2) is 11.5 Å². The van der Waals surface area contributed by atoms with E-state index in [-0.39, 0.29) is 18.4 Å². The van der Waals surface area contributed by atoms with Crippen molar-refractivity contribution in [3.8, 4) is 0 Å². The van der Waals surface area contributed by atoms with Crippen LogP contribution in [0.5, 0.6) is 0 Å². The van der Waals surface area contributed by atoms with Gasteiger partial charge in [-0.3, -0.25) is 0 Å². The Morgan fingerprint density at radius 3 is 2.94 bits per heavy atom. The van der Waals surface area contributed by atoms with Crippen LogP contribution in [-0.4, -0.2) is 42.9 Å². The standard InChI is InChI=1S/C11H15N5O2/c12-9-8-11(14-4-13-8)16-10(15-9)5-1-6(3-17)7(18)2-5/h4-7,17-18H,1-3H2,(H3,12,13,14,15,16)/t5-,6-,7+/m0/s1. The van der Waals surface area contributed by atoms with E-state index in [4.69, 9.17) is 10.8 Å². The van der Waals surface area contributed by atoms with Crippen molar-refractivity contribution in [1.82, 2.24) is 19.9 Å². The number of rotatable bonds is 2. The van der Waals surface area contributed by atoms with Crippen LogP contribution >= 0.6 is 0 Å². The minimum absolute atomic E-state index is 0.0161. The number of nitrogen functional groups attached to an aromatic ring is 1. The molecule has 0 spiro atoms. The molecule has 96 valence electrons. The fraction of sp³-hybridized carbons (Fsp3) is 0.545. The van der Waals surface area contributed by atoms with Gasteiger partial charge in [-0.05, 0) is 12.8 Å². The smallest absolute Gasteiger partial charge is 0.183 e. The maximum Gasteiger partial charge on any atom is 0.183 e. The number of imidazole rings is 1. The van der Waals surface area contributed by atoms with E-state index in [0.29, 0.717) is 35.6 Å². The molecule has 0 saturated heterocycles. The van der Waals surface area contributed by atoms with Crippen molar-refractivity contribution < 1.29 is 10.2 Å². The van der Waals surface area contributed by atoms with Crippen molar-refractivity contribution in [1.29, 1.82) is 0 Å². The van der Waals surface area contributed by atoms with E-state index in [9.17, 15) is 5.11 Å². The summed E-state index contributed by atoms with van der Waals surface area (Å²) in [5.74, 6) is 0.895. The van der Waals surface area contributed by atoms with Gasteiger partial charge < -0.3 is 20.9 Å². The first-order chi connectivity index (χ1) is 8.69. The molecule has 0 amide bonds. The molecule has 3 rings (SSSR count). The number of aromatic amines is 1. The Morgan fingerprint density at radius 1 is 1.39 bits per heavy atom. The highest BCUT2D eigenvalue weighted by atomic mass is 16.3. The van der Waals surface area contributed by atoms with Gasteiger partial charge in [-0.25, -0.2) is 15.0 Å². The van der Waals surface area contributed by atoms with E-state index < -0.39 is 6.10 Å². The van der Waals surface area contributed by atoms with Gasteiger partial charge >= 0.3 is 0 Å². The van der Waals surface area contributed by atoms with Gasteiger partial charge in [0, 0.05) is 18.4 Å². The van der Waals surface area contributed by atoms with E-state index >= 15 is 0 Å². The van der Waals surface area contributed by atoms with Crippen LogP contribution in [0.3, 0.4) is 0 Å². The molecular formula is C11H15N5O2. The monoisotopic (exact) mass is 249 g/mol. The second-order valence-electron chi connectivity index (χ2n) is 4.75. The van der Waals surface area contributed by atoms with Gasteiger partial charge in [-0.2, -0.15) is 0 Å². The minimum atomic E-state index is -0.500. The van der Waals surface area contributed by atoms with Crippen LogP contribution < -0.4 is 5.73 Å². The van der Waals surface area contributed by atoms with Crippen molar-refractivity contribution in [2.75, 3.05) is 12.3 Å². The summed E-state index contributed by atoms with van der Waals surface area (Å²) in [6.07, 6.45) is 2.26. The van der Waals surface area contributed by atoms with Crippen molar-refractivity contribution in [3.63, 3.8) is 0 Å². The largest absolute Gasteiger partial charge is 0.396 e. The third-order valence-corrected chi connectivity index (χ3v) is 3.59. The molecule has 5 N–H and O–H groups in total. The molecule has 0 aromatic carbocycles. The number of nitrogens with zero attached hydrogens (tertiary/aromatic N) is 3. The number of hydrogen-bond donors (Lipinski definition) is 4. The Labute approximate surface area is 103 Å². The summed E-state index contributed by atoms with van der Waals surface area (Å²) in [4.78, 5) is 15.6. The lowest BCUT2D eigenvalue weighted by atomic mass is 10.0. The summed E-state index contributed by atoms with van der Waals surface area (Å²) in [5, 5.41) is 18.9. The molecule has 0 bridgehead atoms. The highest BCUT2D eigenvalue weighted by Gasteiger charge is 2.35. The molecule has 1 aliphatic rings. The Kier molecular flexibility index (Phi) is 2.64. The van der Waals surface area contributed by atoms with Crippen molar-refractivity contribution in [2.24, 2.45) is 5.92 Å². The molecule has 2 aromatic heterocycles. The highest BCUT2D eigenvalue weighted by Crippen LogP contribution is 2.37. The van der Waals surface area contributed by atoms with Gasteiger partial charge in [-0.1, -0.05) is 0 Å². The van der Waals surface area contributed by atoms with Crippen molar-refractivity contribution >= 4 is 17.0 Å². The van der Waals surface area contributed by atoms with Crippen molar-refractivity contribution in [3.05, 3.63) is 12.2 Å². The molecule has 1 aliphatic carbocycles. The second-order valence-corrected chi connectivity index (χ2v) is 4.75. The van der Waals surface area contributed by atoms with Crippen LogP contribution in [0.15, 0.2) is 6.33 Å². The van der Waals surface area contributed by atoms with E-state index in [0.717, 1.165) is 0 Å². The zero-order valence-electron chi connectivity index (χ0n) is 9.74. The van der Waals surface area contributed by atoms with Gasteiger partial charge in [0.1, 0.15) is 11.3 Å². The predicted molar refractivity (Wildman–Crippen MR) is 64.7 cm³/mol. The average molecular weight is 249 g/mol. The number of fused-ring (bicyclic) bond motifs is 1. The number of aliphatic hydroxyl groups excluding tert-OH is 2. The SMILES string of the molecule is Nc1nc([C@H]2C[C@@H](CO)[C@H](O)C2)nc2nc[nH]c12. The Hall–Kier alpha value is -1.73. The number of hydrogen-bond acceptors (Lipinski definition) is 6. The van der Waals surface area contributed by atoms with Crippen molar-refractivity contribution in [2.45, 2.75) is 24.9 Å². The average Bonchev–Trinajstić information content (AvgIpc) is 2.95. The quantitative estimate of drug-likeness (QED) is 0.584. The molecule has 0 radical (unpaired) electrons. The number of aliphatic hydroxyl groups is 2. The van der Waals surface area contributed by atoms with Crippen LogP contribution in [-0.2, 0) is 0 Å². The van der Waals surface area contributed by atoms with E-state index in [2.05, 4.69) is 19.9 Å². The summed E-state index contributed by atoms with van der Waals surface area (Å²) < 4.78 is 0. The molecule has 7 heteroatoms. The first-order valence-electron chi connectivity index (χ1n) is 5.94. The van der Waals surface area contributed by atoms with Gasteiger partial charge in [-0.15, -0.1) is 0 Å². The molecule has 2 aromatic rings. The summed E-state index contributed by atoms with van der Waals surface area (Å²) in [7, 11) is 0. The lowest BCUT2D eigenvalue weighted by molar-refractivity contribution is 0.0907. The second kappa shape index (κ2) is 4.18. The summed E-state index contributed by atoms with van der Waals surface area (Å²) in [5.41, 5.74) is 7.01. The fourth-order valence-electron chi connectivity index (χ4n) is 2.57. The van der Waals surface area contributed by atoms with Gasteiger partial charge in [0.2, 0.25) is 0 Å².